The molecular formula is C18H20N2O2. The first-order valence-corrected chi connectivity index (χ1v) is 7.61. The van der Waals surface area contributed by atoms with Gasteiger partial charge in [0.05, 0.1) is 19.8 Å². The van der Waals surface area contributed by atoms with E-state index in [1.807, 2.05) is 54.6 Å². The second-order valence-corrected chi connectivity index (χ2v) is 5.05. The molecule has 1 heterocycles. The molecule has 4 nitrogen and oxygen atoms in total. The van der Waals surface area contributed by atoms with Crippen LogP contribution in [0.3, 0.4) is 0 Å². The van der Waals surface area contributed by atoms with Crippen LogP contribution in [0.1, 0.15) is 12.0 Å². The SMILES string of the molecule is c1ccc(OCCCOc2cccc(C3=NCCN3)c2)cc1. The van der Waals surface area contributed by atoms with Crippen molar-refractivity contribution in [3.8, 4) is 11.5 Å². The van der Waals surface area contributed by atoms with E-state index in [1.165, 1.54) is 0 Å². The minimum atomic E-state index is 0.635. The highest BCUT2D eigenvalue weighted by Gasteiger charge is 2.08. The number of nitrogens with zero attached hydrogens (tertiary/aromatic N) is 1. The van der Waals surface area contributed by atoms with E-state index >= 15 is 0 Å². The second-order valence-electron chi connectivity index (χ2n) is 5.05. The highest BCUT2D eigenvalue weighted by atomic mass is 16.5. The van der Waals surface area contributed by atoms with Crippen molar-refractivity contribution < 1.29 is 9.47 Å². The van der Waals surface area contributed by atoms with Crippen LogP contribution in [0.15, 0.2) is 59.6 Å². The Morgan fingerprint density at radius 2 is 1.68 bits per heavy atom. The number of ether oxygens (including phenoxy) is 2. The summed E-state index contributed by atoms with van der Waals surface area (Å²) in [6.45, 7) is 3.04. The minimum absolute atomic E-state index is 0.635. The van der Waals surface area contributed by atoms with Crippen molar-refractivity contribution >= 4 is 5.84 Å². The first-order chi connectivity index (χ1) is 10.9. The molecule has 0 radical (unpaired) electrons. The summed E-state index contributed by atoms with van der Waals surface area (Å²) < 4.78 is 11.4. The molecule has 0 aliphatic carbocycles. The zero-order chi connectivity index (χ0) is 15.0. The fraction of sp³-hybridized carbons (Fsp3) is 0.278. The summed E-state index contributed by atoms with van der Waals surface area (Å²) in [5.74, 6) is 2.72. The lowest BCUT2D eigenvalue weighted by Crippen LogP contribution is -2.19. The Morgan fingerprint density at radius 1 is 0.909 bits per heavy atom. The molecule has 0 bridgehead atoms. The van der Waals surface area contributed by atoms with Crippen LogP contribution in [0.2, 0.25) is 0 Å². The van der Waals surface area contributed by atoms with Gasteiger partial charge in [-0.15, -0.1) is 0 Å². The molecule has 22 heavy (non-hydrogen) atoms. The predicted octanol–water partition coefficient (Wildman–Crippen LogP) is 2.88. The van der Waals surface area contributed by atoms with Crippen LogP contribution in [0.4, 0.5) is 0 Å². The Morgan fingerprint density at radius 3 is 2.45 bits per heavy atom. The molecule has 114 valence electrons. The molecule has 2 aromatic rings. The maximum atomic E-state index is 5.78. The quantitative estimate of drug-likeness (QED) is 0.799. The molecule has 2 aromatic carbocycles. The van der Waals surface area contributed by atoms with Crippen LogP contribution >= 0.6 is 0 Å². The third-order valence-electron chi connectivity index (χ3n) is 3.35. The van der Waals surface area contributed by atoms with E-state index in [9.17, 15) is 0 Å². The topological polar surface area (TPSA) is 42.9 Å². The van der Waals surface area contributed by atoms with E-state index in [4.69, 9.17) is 9.47 Å². The highest BCUT2D eigenvalue weighted by Crippen LogP contribution is 2.15. The first-order valence-electron chi connectivity index (χ1n) is 7.61. The van der Waals surface area contributed by atoms with Gasteiger partial charge in [0.25, 0.3) is 0 Å². The van der Waals surface area contributed by atoms with Crippen LogP contribution in [0, 0.1) is 0 Å². The number of aliphatic imine (C=N–C) groups is 1. The van der Waals surface area contributed by atoms with Crippen LogP contribution in [-0.2, 0) is 0 Å². The Labute approximate surface area is 130 Å². The summed E-state index contributed by atoms with van der Waals surface area (Å²) in [7, 11) is 0. The van der Waals surface area contributed by atoms with Crippen LogP contribution in [0.5, 0.6) is 11.5 Å². The number of rotatable bonds is 7. The van der Waals surface area contributed by atoms with Gasteiger partial charge in [0.1, 0.15) is 17.3 Å². The Bertz CT molecular complexity index is 626. The molecule has 1 N–H and O–H groups in total. The Kier molecular flexibility index (Phi) is 4.92. The normalized spacial score (nSPS) is 13.4. The van der Waals surface area contributed by atoms with Gasteiger partial charge < -0.3 is 14.8 Å². The monoisotopic (exact) mass is 296 g/mol. The zero-order valence-corrected chi connectivity index (χ0v) is 12.5. The maximum Gasteiger partial charge on any atom is 0.128 e. The van der Waals surface area contributed by atoms with Gasteiger partial charge >= 0.3 is 0 Å². The highest BCUT2D eigenvalue weighted by molar-refractivity contribution is 6.00. The largest absolute Gasteiger partial charge is 0.493 e. The van der Waals surface area contributed by atoms with Gasteiger partial charge in [-0.3, -0.25) is 4.99 Å². The molecule has 0 fully saturated rings. The summed E-state index contributed by atoms with van der Waals surface area (Å²) in [4.78, 5) is 4.42. The third kappa shape index (κ3) is 4.01. The van der Waals surface area contributed by atoms with Gasteiger partial charge in [0.2, 0.25) is 0 Å². The van der Waals surface area contributed by atoms with Gasteiger partial charge in [0.15, 0.2) is 0 Å². The lowest BCUT2D eigenvalue weighted by atomic mass is 10.2. The molecule has 3 rings (SSSR count). The molecule has 0 saturated heterocycles. The van der Waals surface area contributed by atoms with Crippen molar-refractivity contribution in [2.75, 3.05) is 26.3 Å². The number of amidine groups is 1. The van der Waals surface area contributed by atoms with E-state index in [2.05, 4.69) is 10.3 Å². The summed E-state index contributed by atoms with van der Waals surface area (Å²) in [6.07, 6.45) is 0.846. The molecule has 0 saturated carbocycles. The van der Waals surface area contributed by atoms with Crippen LogP contribution in [0.25, 0.3) is 0 Å². The number of nitrogens with one attached hydrogen (secondary N) is 1. The molecule has 4 heteroatoms. The predicted molar refractivity (Wildman–Crippen MR) is 87.9 cm³/mol. The van der Waals surface area contributed by atoms with Gasteiger partial charge in [-0.25, -0.2) is 0 Å². The average Bonchev–Trinajstić information content (AvgIpc) is 3.10. The Balaban J connectivity index is 1.43. The Hall–Kier alpha value is -2.49. The van der Waals surface area contributed by atoms with E-state index in [0.717, 1.165) is 42.4 Å². The van der Waals surface area contributed by atoms with E-state index in [-0.39, 0.29) is 0 Å². The van der Waals surface area contributed by atoms with Crippen molar-refractivity contribution in [3.05, 3.63) is 60.2 Å². The molecule has 1 aliphatic heterocycles. The maximum absolute atomic E-state index is 5.78. The summed E-state index contributed by atoms with van der Waals surface area (Å²) >= 11 is 0. The second kappa shape index (κ2) is 7.50. The third-order valence-corrected chi connectivity index (χ3v) is 3.35. The summed E-state index contributed by atoms with van der Waals surface area (Å²) in [6, 6.07) is 17.9. The van der Waals surface area contributed by atoms with Crippen LogP contribution < -0.4 is 14.8 Å². The minimum Gasteiger partial charge on any atom is -0.493 e. The van der Waals surface area contributed by atoms with E-state index in [1.54, 1.807) is 0 Å². The number of para-hydroxylation sites is 1. The van der Waals surface area contributed by atoms with Gasteiger partial charge in [-0.05, 0) is 24.3 Å². The molecular weight excluding hydrogens is 276 g/mol. The van der Waals surface area contributed by atoms with Gasteiger partial charge in [-0.2, -0.15) is 0 Å². The standard InChI is InChI=1S/C18H20N2O2/c1-2-7-16(8-3-1)21-12-5-13-22-17-9-4-6-15(14-17)18-19-10-11-20-18/h1-4,6-9,14H,5,10-13H2,(H,19,20). The van der Waals surface area contributed by atoms with Crippen LogP contribution in [-0.4, -0.2) is 32.1 Å². The van der Waals surface area contributed by atoms with Gasteiger partial charge in [0, 0.05) is 18.5 Å². The molecule has 0 amide bonds. The molecule has 0 spiro atoms. The smallest absolute Gasteiger partial charge is 0.128 e. The number of hydrogen-bond acceptors (Lipinski definition) is 4. The molecule has 1 aliphatic rings. The summed E-state index contributed by atoms with van der Waals surface area (Å²) in [5, 5.41) is 3.27. The van der Waals surface area contributed by atoms with E-state index in [0.29, 0.717) is 13.2 Å². The van der Waals surface area contributed by atoms with Crippen molar-refractivity contribution in [3.63, 3.8) is 0 Å². The summed E-state index contributed by atoms with van der Waals surface area (Å²) in [5.41, 5.74) is 1.08. The fourth-order valence-electron chi connectivity index (χ4n) is 2.28. The fourth-order valence-corrected chi connectivity index (χ4v) is 2.28. The van der Waals surface area contributed by atoms with Crippen molar-refractivity contribution in [2.24, 2.45) is 4.99 Å². The molecule has 0 atom stereocenters. The van der Waals surface area contributed by atoms with Gasteiger partial charge in [-0.1, -0.05) is 30.3 Å². The lowest BCUT2D eigenvalue weighted by Gasteiger charge is -2.09. The van der Waals surface area contributed by atoms with E-state index < -0.39 is 0 Å². The zero-order valence-electron chi connectivity index (χ0n) is 12.5. The molecule has 0 aromatic heterocycles. The lowest BCUT2D eigenvalue weighted by molar-refractivity contribution is 0.247. The average molecular weight is 296 g/mol. The first kappa shape index (κ1) is 14.4. The number of hydrogen-bond donors (Lipinski definition) is 1. The molecule has 0 unspecified atom stereocenters. The van der Waals surface area contributed by atoms with Crippen molar-refractivity contribution in [1.82, 2.24) is 5.32 Å². The van der Waals surface area contributed by atoms with Crippen molar-refractivity contribution in [2.45, 2.75) is 6.42 Å². The number of benzene rings is 2. The van der Waals surface area contributed by atoms with Crippen molar-refractivity contribution in [1.29, 1.82) is 0 Å².